The summed E-state index contributed by atoms with van der Waals surface area (Å²) in [6.45, 7) is 1.09. The van der Waals surface area contributed by atoms with Gasteiger partial charge in [-0.15, -0.1) is 5.10 Å². The Morgan fingerprint density at radius 2 is 2.08 bits per heavy atom. The number of ether oxygens (including phenoxy) is 2. The summed E-state index contributed by atoms with van der Waals surface area (Å²) >= 11 is 6.02. The summed E-state index contributed by atoms with van der Waals surface area (Å²) in [7, 11) is 1.29. The fourth-order valence-corrected chi connectivity index (χ4v) is 4.47. The Morgan fingerprint density at radius 1 is 1.28 bits per heavy atom. The van der Waals surface area contributed by atoms with Crippen molar-refractivity contribution in [2.75, 3.05) is 19.5 Å². The number of benzene rings is 1. The molecular formula is C23H19ClFN9O5. The van der Waals surface area contributed by atoms with E-state index >= 15 is 4.39 Å². The van der Waals surface area contributed by atoms with Gasteiger partial charge >= 0.3 is 5.97 Å². The third-order valence-corrected chi connectivity index (χ3v) is 6.36. The maximum atomic E-state index is 15.2. The molecule has 4 heterocycles. The van der Waals surface area contributed by atoms with Gasteiger partial charge in [0.1, 0.15) is 24.0 Å². The van der Waals surface area contributed by atoms with Crippen LogP contribution >= 0.6 is 11.6 Å². The van der Waals surface area contributed by atoms with E-state index in [0.29, 0.717) is 0 Å². The SMILES string of the molecule is COc1nc(N)cnc1C(=O)COC(=O)C1C[C@H](C)c2nc(-c3c(-n4cnnn4)ccc(Cl)c3F)cc(=O)n21. The molecule has 0 radical (unpaired) electrons. The molecule has 1 unspecified atom stereocenters. The molecule has 2 N–H and O–H groups in total. The molecule has 39 heavy (non-hydrogen) atoms. The van der Waals surface area contributed by atoms with Gasteiger partial charge in [-0.25, -0.2) is 19.2 Å². The highest BCUT2D eigenvalue weighted by atomic mass is 35.5. The summed E-state index contributed by atoms with van der Waals surface area (Å²) < 4.78 is 27.8. The van der Waals surface area contributed by atoms with Crippen molar-refractivity contribution in [3.63, 3.8) is 0 Å². The number of halogens is 2. The zero-order valence-corrected chi connectivity index (χ0v) is 21.2. The second kappa shape index (κ2) is 10.2. The van der Waals surface area contributed by atoms with E-state index in [0.717, 1.165) is 6.07 Å². The number of carbonyl (C=O) groups is 2. The molecule has 0 saturated carbocycles. The molecule has 5 rings (SSSR count). The van der Waals surface area contributed by atoms with Crippen molar-refractivity contribution in [3.8, 4) is 22.8 Å². The van der Waals surface area contributed by atoms with Gasteiger partial charge in [0, 0.05) is 12.0 Å². The fourth-order valence-electron chi connectivity index (χ4n) is 4.31. The molecule has 0 amide bonds. The zero-order chi connectivity index (χ0) is 27.8. The first-order valence-corrected chi connectivity index (χ1v) is 11.8. The predicted octanol–water partition coefficient (Wildman–Crippen LogP) is 1.53. The van der Waals surface area contributed by atoms with Crippen LogP contribution in [0.3, 0.4) is 0 Å². The first-order chi connectivity index (χ1) is 18.7. The topological polar surface area (TPSA) is 183 Å². The number of fused-ring (bicyclic) bond motifs is 1. The minimum Gasteiger partial charge on any atom is -0.479 e. The van der Waals surface area contributed by atoms with Crippen LogP contribution < -0.4 is 16.0 Å². The van der Waals surface area contributed by atoms with Gasteiger partial charge in [-0.05, 0) is 29.0 Å². The van der Waals surface area contributed by atoms with E-state index in [9.17, 15) is 14.4 Å². The average Bonchev–Trinajstić information content (AvgIpc) is 3.57. The third kappa shape index (κ3) is 4.67. The summed E-state index contributed by atoms with van der Waals surface area (Å²) in [5, 5.41) is 10.7. The Balaban J connectivity index is 1.44. The van der Waals surface area contributed by atoms with Crippen LogP contribution in [0.4, 0.5) is 10.2 Å². The third-order valence-electron chi connectivity index (χ3n) is 6.07. The number of tetrazole rings is 1. The van der Waals surface area contributed by atoms with Crippen molar-refractivity contribution in [3.05, 3.63) is 63.4 Å². The van der Waals surface area contributed by atoms with Crippen LogP contribution in [0, 0.1) is 5.82 Å². The smallest absolute Gasteiger partial charge is 0.329 e. The first-order valence-electron chi connectivity index (χ1n) is 11.4. The second-order valence-electron chi connectivity index (χ2n) is 8.55. The number of hydrogen-bond donors (Lipinski definition) is 1. The van der Waals surface area contributed by atoms with Crippen molar-refractivity contribution in [2.24, 2.45) is 0 Å². The lowest BCUT2D eigenvalue weighted by Gasteiger charge is -2.15. The monoisotopic (exact) mass is 555 g/mol. The van der Waals surface area contributed by atoms with Crippen LogP contribution in [-0.2, 0) is 9.53 Å². The quantitative estimate of drug-likeness (QED) is 0.257. The number of aromatic nitrogens is 8. The predicted molar refractivity (Wildman–Crippen MR) is 132 cm³/mol. The van der Waals surface area contributed by atoms with Crippen LogP contribution in [0.15, 0.2) is 35.5 Å². The summed E-state index contributed by atoms with van der Waals surface area (Å²) in [6, 6.07) is 2.85. The van der Waals surface area contributed by atoms with Crippen molar-refractivity contribution in [1.29, 1.82) is 0 Å². The van der Waals surface area contributed by atoms with Gasteiger partial charge in [0.15, 0.2) is 18.1 Å². The highest BCUT2D eigenvalue weighted by molar-refractivity contribution is 6.31. The highest BCUT2D eigenvalue weighted by Gasteiger charge is 2.37. The van der Waals surface area contributed by atoms with Crippen molar-refractivity contribution in [2.45, 2.75) is 25.3 Å². The molecule has 16 heteroatoms. The number of nitrogen functional groups attached to an aromatic ring is 1. The van der Waals surface area contributed by atoms with Crippen LogP contribution in [-0.4, -0.2) is 65.2 Å². The van der Waals surface area contributed by atoms with Gasteiger partial charge in [-0.1, -0.05) is 18.5 Å². The molecule has 1 aliphatic rings. The molecule has 0 bridgehead atoms. The number of esters is 1. The molecule has 2 atom stereocenters. The van der Waals surface area contributed by atoms with E-state index in [2.05, 4.69) is 30.5 Å². The molecule has 200 valence electrons. The number of Topliss-reactive ketones (excluding diaryl/α,β-unsaturated/α-hetero) is 1. The van der Waals surface area contributed by atoms with Crippen LogP contribution in [0.5, 0.6) is 5.88 Å². The maximum absolute atomic E-state index is 15.2. The summed E-state index contributed by atoms with van der Waals surface area (Å²) in [5.41, 5.74) is 4.88. The van der Waals surface area contributed by atoms with Gasteiger partial charge in [-0.3, -0.25) is 14.2 Å². The second-order valence-corrected chi connectivity index (χ2v) is 8.96. The van der Waals surface area contributed by atoms with Crippen molar-refractivity contribution < 1.29 is 23.5 Å². The highest BCUT2D eigenvalue weighted by Crippen LogP contribution is 2.37. The van der Waals surface area contributed by atoms with E-state index in [4.69, 9.17) is 26.8 Å². The van der Waals surface area contributed by atoms with Crippen LogP contribution in [0.2, 0.25) is 5.02 Å². The van der Waals surface area contributed by atoms with E-state index in [1.54, 1.807) is 6.92 Å². The van der Waals surface area contributed by atoms with E-state index in [1.165, 1.54) is 41.0 Å². The molecule has 0 fully saturated rings. The number of rotatable bonds is 7. The lowest BCUT2D eigenvalue weighted by molar-refractivity contribution is -0.146. The van der Waals surface area contributed by atoms with E-state index < -0.39 is 35.8 Å². The molecule has 3 aromatic heterocycles. The lowest BCUT2D eigenvalue weighted by Crippen LogP contribution is -2.30. The van der Waals surface area contributed by atoms with Crippen molar-refractivity contribution >= 4 is 29.2 Å². The first kappa shape index (κ1) is 25.8. The number of nitrogens with zero attached hydrogens (tertiary/aromatic N) is 8. The van der Waals surface area contributed by atoms with Crippen molar-refractivity contribution in [1.82, 2.24) is 39.7 Å². The largest absolute Gasteiger partial charge is 0.479 e. The number of anilines is 1. The Bertz CT molecular complexity index is 1660. The number of hydrogen-bond acceptors (Lipinski definition) is 12. The summed E-state index contributed by atoms with van der Waals surface area (Å²) in [5.74, 6) is -2.53. The Kier molecular flexibility index (Phi) is 6.74. The molecule has 0 saturated heterocycles. The molecule has 0 spiro atoms. The number of nitrogens with two attached hydrogens (primary N) is 1. The molecular weight excluding hydrogens is 537 g/mol. The lowest BCUT2D eigenvalue weighted by atomic mass is 10.1. The Morgan fingerprint density at radius 3 is 2.79 bits per heavy atom. The maximum Gasteiger partial charge on any atom is 0.329 e. The van der Waals surface area contributed by atoms with Gasteiger partial charge < -0.3 is 15.2 Å². The van der Waals surface area contributed by atoms with Gasteiger partial charge in [0.05, 0.1) is 35.3 Å². The van der Waals surface area contributed by atoms with Gasteiger partial charge in [0.25, 0.3) is 5.56 Å². The molecule has 4 aromatic rings. The Labute approximate surface area is 223 Å². The number of ketones is 1. The molecule has 1 aromatic carbocycles. The Hall–Kier alpha value is -4.79. The number of carbonyl (C=O) groups excluding carboxylic acids is 2. The van der Waals surface area contributed by atoms with E-state index in [1.807, 2.05) is 0 Å². The standard InChI is InChI=1S/C23H19ClFN9O5/c1-10-5-14(23(37)39-8-15(35)20-22(38-2)30-16(26)7-27-20)34-17(36)6-12(29-21(10)34)18-13(33-9-28-31-32-33)4-3-11(24)19(18)25/h3-4,6-7,9-10,14H,5,8H2,1-2H3,(H2,26,30)/t10-,14?/m0/s1. The molecule has 1 aliphatic heterocycles. The average molecular weight is 556 g/mol. The fraction of sp³-hybridized carbons (Fsp3) is 0.261. The van der Waals surface area contributed by atoms with Gasteiger partial charge in [0.2, 0.25) is 11.7 Å². The minimum atomic E-state index is -1.06. The van der Waals surface area contributed by atoms with Gasteiger partial charge in [-0.2, -0.15) is 9.67 Å². The normalized spacial score (nSPS) is 16.1. The summed E-state index contributed by atoms with van der Waals surface area (Å²) in [6.07, 6.45) is 2.60. The van der Waals surface area contributed by atoms with Crippen LogP contribution in [0.25, 0.3) is 16.9 Å². The number of methoxy groups -OCH3 is 1. The summed E-state index contributed by atoms with van der Waals surface area (Å²) in [4.78, 5) is 51.0. The zero-order valence-electron chi connectivity index (χ0n) is 20.4. The van der Waals surface area contributed by atoms with E-state index in [-0.39, 0.29) is 57.5 Å². The van der Waals surface area contributed by atoms with Crippen LogP contribution in [0.1, 0.15) is 41.6 Å². The molecule has 14 nitrogen and oxygen atoms in total. The molecule has 0 aliphatic carbocycles. The minimum absolute atomic E-state index is 0.0122.